The van der Waals surface area contributed by atoms with Crippen LogP contribution in [0.15, 0.2) is 57.3 Å². The molecule has 18 heteroatoms. The monoisotopic (exact) mass is 908 g/mol. The van der Waals surface area contributed by atoms with Crippen LogP contribution in [0.3, 0.4) is 0 Å². The van der Waals surface area contributed by atoms with Crippen molar-refractivity contribution in [3.05, 3.63) is 74.6 Å². The van der Waals surface area contributed by atoms with Crippen molar-refractivity contribution in [3.63, 3.8) is 0 Å². The average molecular weight is 909 g/mol. The summed E-state index contributed by atoms with van der Waals surface area (Å²) in [5.74, 6) is 2.02. The third-order valence-corrected chi connectivity index (χ3v) is 15.1. The van der Waals surface area contributed by atoms with Gasteiger partial charge in [0.25, 0.3) is 5.56 Å². The van der Waals surface area contributed by atoms with Crippen LogP contribution in [0.25, 0.3) is 15.9 Å². The van der Waals surface area contributed by atoms with Crippen molar-refractivity contribution in [2.24, 2.45) is 0 Å². The lowest BCUT2D eigenvalue weighted by Crippen LogP contribution is -2.36. The molecule has 3 unspecified atom stereocenters. The molecule has 4 aromatic rings. The molecule has 3 aliphatic heterocycles. The number of benzene rings is 2. The van der Waals surface area contributed by atoms with Crippen LogP contribution >= 0.6 is 46.6 Å². The number of urea groups is 1. The number of ketones is 2. The number of nitrogens with one attached hydrogen (secondary N) is 3. The lowest BCUT2D eigenvalue weighted by atomic mass is 10.0. The third kappa shape index (κ3) is 12.9. The number of amides is 3. The third-order valence-electron chi connectivity index (χ3n) is 10.5. The molecule has 61 heavy (non-hydrogen) atoms. The van der Waals surface area contributed by atoms with Crippen molar-refractivity contribution in [2.75, 3.05) is 56.9 Å². The Hall–Kier alpha value is -3.78. The van der Waals surface area contributed by atoms with Crippen molar-refractivity contribution in [3.8, 4) is 5.69 Å². The molecule has 14 nitrogen and oxygen atoms in total. The Labute approximate surface area is 371 Å². The Balaban J connectivity index is 0.735. The van der Waals surface area contributed by atoms with E-state index in [2.05, 4.69) is 27.0 Å². The number of hydrogen-bond acceptors (Lipinski definition) is 14. The molecule has 3 atom stereocenters. The van der Waals surface area contributed by atoms with Crippen LogP contribution in [0.5, 0.6) is 0 Å². The molecule has 2 saturated heterocycles. The van der Waals surface area contributed by atoms with E-state index < -0.39 is 0 Å². The van der Waals surface area contributed by atoms with Gasteiger partial charge in [-0.1, -0.05) is 30.0 Å². The fourth-order valence-corrected chi connectivity index (χ4v) is 11.9. The number of thiazole rings is 1. The summed E-state index contributed by atoms with van der Waals surface area (Å²) in [6.45, 7) is 4.74. The fraction of sp³-hybridized carbons (Fsp3) is 0.512. The Morgan fingerprint density at radius 3 is 2.49 bits per heavy atom. The second-order valence-electron chi connectivity index (χ2n) is 15.2. The van der Waals surface area contributed by atoms with Gasteiger partial charge in [0.1, 0.15) is 16.6 Å². The van der Waals surface area contributed by atoms with Crippen LogP contribution in [0.2, 0.25) is 0 Å². The van der Waals surface area contributed by atoms with Gasteiger partial charge in [-0.05, 0) is 61.6 Å². The molecular formula is C43H52N6O8S4. The Morgan fingerprint density at radius 1 is 0.902 bits per heavy atom. The van der Waals surface area contributed by atoms with Gasteiger partial charge in [-0.25, -0.2) is 14.8 Å². The van der Waals surface area contributed by atoms with Crippen molar-refractivity contribution in [1.29, 1.82) is 0 Å². The molecule has 3 aliphatic rings. The zero-order valence-electron chi connectivity index (χ0n) is 34.2. The van der Waals surface area contributed by atoms with E-state index in [4.69, 9.17) is 19.2 Å². The largest absolute Gasteiger partial charge is 0.379 e. The van der Waals surface area contributed by atoms with Crippen LogP contribution in [0.1, 0.15) is 60.4 Å². The van der Waals surface area contributed by atoms with Crippen LogP contribution in [0.4, 0.5) is 4.79 Å². The molecular weight excluding hydrogens is 857 g/mol. The van der Waals surface area contributed by atoms with E-state index in [0.29, 0.717) is 86.3 Å². The summed E-state index contributed by atoms with van der Waals surface area (Å²) in [6.07, 6.45) is 4.68. The summed E-state index contributed by atoms with van der Waals surface area (Å²) < 4.78 is 19.4. The summed E-state index contributed by atoms with van der Waals surface area (Å²) >= 11 is 6.19. The number of nitrogens with zero attached hydrogens (tertiary/aromatic N) is 3. The minimum atomic E-state index is -0.139. The fourth-order valence-electron chi connectivity index (χ4n) is 7.34. The smallest absolute Gasteiger partial charge is 0.315 e. The quantitative estimate of drug-likeness (QED) is 0.0332. The van der Waals surface area contributed by atoms with E-state index in [1.807, 2.05) is 55.1 Å². The molecule has 326 valence electrons. The molecule has 0 saturated carbocycles. The highest BCUT2D eigenvalue weighted by atomic mass is 32.2. The molecule has 2 aromatic heterocycles. The van der Waals surface area contributed by atoms with E-state index in [0.717, 1.165) is 56.4 Å². The van der Waals surface area contributed by atoms with Crippen molar-refractivity contribution in [2.45, 2.75) is 92.2 Å². The van der Waals surface area contributed by atoms with Crippen LogP contribution < -0.4 is 21.5 Å². The second-order valence-corrected chi connectivity index (χ2v) is 19.6. The molecule has 2 aromatic carbocycles. The maximum absolute atomic E-state index is 13.7. The Morgan fingerprint density at radius 2 is 1.67 bits per heavy atom. The van der Waals surface area contributed by atoms with E-state index >= 15 is 0 Å². The predicted octanol–water partition coefficient (Wildman–Crippen LogP) is 5.44. The number of thioether (sulfide) groups is 3. The number of rotatable bonds is 25. The highest BCUT2D eigenvalue weighted by molar-refractivity contribution is 8.00. The van der Waals surface area contributed by atoms with Gasteiger partial charge in [-0.2, -0.15) is 11.8 Å². The van der Waals surface area contributed by atoms with Gasteiger partial charge in [0.15, 0.2) is 5.16 Å². The van der Waals surface area contributed by atoms with Crippen molar-refractivity contribution in [1.82, 2.24) is 30.5 Å². The minimum Gasteiger partial charge on any atom is -0.379 e. The number of hydrogen-bond donors (Lipinski definition) is 3. The summed E-state index contributed by atoms with van der Waals surface area (Å²) in [6, 6.07) is 13.8. The number of aromatic nitrogens is 3. The van der Waals surface area contributed by atoms with Gasteiger partial charge in [0, 0.05) is 55.6 Å². The molecule has 0 radical (unpaired) electrons. The molecule has 7 rings (SSSR count). The average Bonchev–Trinajstić information content (AvgIpc) is 4.05. The van der Waals surface area contributed by atoms with E-state index in [1.54, 1.807) is 4.57 Å². The number of fused-ring (bicyclic) bond motifs is 3. The summed E-state index contributed by atoms with van der Waals surface area (Å²) in [4.78, 5) is 73.2. The maximum atomic E-state index is 13.7. The first-order valence-corrected chi connectivity index (χ1v) is 24.6. The van der Waals surface area contributed by atoms with Crippen LogP contribution in [-0.2, 0) is 48.0 Å². The topological polar surface area (TPSA) is 180 Å². The minimum absolute atomic E-state index is 0.0152. The predicted molar refractivity (Wildman–Crippen MR) is 241 cm³/mol. The second kappa shape index (κ2) is 22.5. The zero-order chi connectivity index (χ0) is 42.6. The maximum Gasteiger partial charge on any atom is 0.315 e. The van der Waals surface area contributed by atoms with Gasteiger partial charge in [-0.3, -0.25) is 23.7 Å². The lowest BCUT2D eigenvalue weighted by Gasteiger charge is -2.16. The number of carbonyl (C=O) groups is 4. The first-order chi connectivity index (χ1) is 29.7. The summed E-state index contributed by atoms with van der Waals surface area (Å²) in [5.41, 5.74) is 4.21. The molecule has 5 heterocycles. The number of Topliss-reactive ketones (excluding diaryl/α,β-unsaturated/α-hetero) is 2. The normalized spacial score (nSPS) is 17.9. The van der Waals surface area contributed by atoms with Crippen LogP contribution in [-0.4, -0.2) is 112 Å². The van der Waals surface area contributed by atoms with Gasteiger partial charge < -0.3 is 30.2 Å². The summed E-state index contributed by atoms with van der Waals surface area (Å²) in [5, 5.41) is 10.5. The highest BCUT2D eigenvalue weighted by Gasteiger charge is 2.42. The van der Waals surface area contributed by atoms with Gasteiger partial charge in [0.05, 0.1) is 83.8 Å². The van der Waals surface area contributed by atoms with Crippen molar-refractivity contribution < 1.29 is 33.4 Å². The first-order valence-electron chi connectivity index (χ1n) is 20.8. The van der Waals surface area contributed by atoms with E-state index in [9.17, 15) is 24.0 Å². The molecule has 0 aliphatic carbocycles. The Bertz CT molecular complexity index is 2230. The highest BCUT2D eigenvalue weighted by Crippen LogP contribution is 2.33. The van der Waals surface area contributed by atoms with E-state index in [1.165, 1.54) is 34.9 Å². The van der Waals surface area contributed by atoms with Gasteiger partial charge in [-0.15, -0.1) is 23.1 Å². The summed E-state index contributed by atoms with van der Waals surface area (Å²) in [7, 11) is 0. The molecule has 0 spiro atoms. The van der Waals surface area contributed by atoms with E-state index in [-0.39, 0.29) is 66.3 Å². The molecule has 0 bridgehead atoms. The molecule has 2 fully saturated rings. The standard InChI is InChI=1S/C43H52N6O8S4/c1-27-7-12-32-36(22-27)61-38(45-32)23-31(51)25-60-43-47-33-14-21-58-40(33)41(53)49(43)29-10-8-28(9-11-29)24-44-37(52)13-16-56-18-20-57-19-17-55-15-3-5-30(50)4-2-6-35-39-34(26-59-35)46-42(54)48-39/h7-12,22,34-35,39H,2-6,13-21,23-26H2,1H3,(H,44,52)(H2,46,48,54). The van der Waals surface area contributed by atoms with Crippen molar-refractivity contribution >= 4 is 80.3 Å². The van der Waals surface area contributed by atoms with Crippen LogP contribution in [0, 0.1) is 6.92 Å². The number of ether oxygens (including phenoxy) is 3. The van der Waals surface area contributed by atoms with Gasteiger partial charge >= 0.3 is 6.03 Å². The molecule has 3 amide bonds. The lowest BCUT2D eigenvalue weighted by molar-refractivity contribution is -0.122. The molecule has 3 N–H and O–H groups in total. The number of aryl methyl sites for hydroxylation is 2. The zero-order valence-corrected chi connectivity index (χ0v) is 37.5. The SMILES string of the molecule is Cc1ccc2nc(CC(=O)CSc3nc4c(c(=O)n3-c3ccc(CNC(=O)CCOCCOCCOCCCC(=O)CCCC5SCC6NC(=O)NC65)cc3)SCC4)sc2c1. The first kappa shape index (κ1) is 45.3. The van der Waals surface area contributed by atoms with Gasteiger partial charge in [0.2, 0.25) is 5.91 Å². The Kier molecular flexibility index (Phi) is 16.7. The number of carbonyl (C=O) groups excluding carboxylic acids is 4.